The molecule has 0 spiro atoms. The maximum absolute atomic E-state index is 5.16. The van der Waals surface area contributed by atoms with Gasteiger partial charge in [-0.15, -0.1) is 0 Å². The zero-order valence-electron chi connectivity index (χ0n) is 15.7. The zero-order chi connectivity index (χ0) is 18.0. The van der Waals surface area contributed by atoms with E-state index in [9.17, 15) is 0 Å². The summed E-state index contributed by atoms with van der Waals surface area (Å²) in [6.07, 6.45) is 0. The molecule has 0 heterocycles. The van der Waals surface area contributed by atoms with Crippen LogP contribution in [0.5, 0.6) is 0 Å². The summed E-state index contributed by atoms with van der Waals surface area (Å²) < 4.78 is 0. The number of hydrogen-bond acceptors (Lipinski definition) is 1. The van der Waals surface area contributed by atoms with E-state index in [2.05, 4.69) is 95.3 Å². The van der Waals surface area contributed by atoms with Gasteiger partial charge in [0.15, 0.2) is 0 Å². The Morgan fingerprint density at radius 1 is 0.640 bits per heavy atom. The number of nitrogens with zero attached hydrogens (tertiary/aromatic N) is 1. The van der Waals surface area contributed by atoms with Crippen LogP contribution in [0.2, 0.25) is 0 Å². The molecule has 1 heteroatoms. The third-order valence-corrected chi connectivity index (χ3v) is 4.72. The van der Waals surface area contributed by atoms with Crippen molar-refractivity contribution in [3.8, 4) is 0 Å². The van der Waals surface area contributed by atoms with Crippen molar-refractivity contribution in [2.75, 3.05) is 0 Å². The van der Waals surface area contributed by atoms with E-state index in [4.69, 9.17) is 4.99 Å². The molecule has 126 valence electrons. The van der Waals surface area contributed by atoms with Gasteiger partial charge in [0.2, 0.25) is 0 Å². The summed E-state index contributed by atoms with van der Waals surface area (Å²) in [5.74, 6) is 0. The second-order valence-electron chi connectivity index (χ2n) is 6.83. The van der Waals surface area contributed by atoms with Crippen molar-refractivity contribution in [1.29, 1.82) is 0 Å². The molecule has 3 aromatic rings. The summed E-state index contributed by atoms with van der Waals surface area (Å²) >= 11 is 0. The molecule has 0 saturated carbocycles. The van der Waals surface area contributed by atoms with E-state index in [1.165, 1.54) is 38.9 Å². The van der Waals surface area contributed by atoms with Crippen LogP contribution >= 0.6 is 0 Å². The second kappa shape index (κ2) is 7.06. The lowest BCUT2D eigenvalue weighted by Crippen LogP contribution is -2.09. The van der Waals surface area contributed by atoms with E-state index in [1.807, 2.05) is 0 Å². The summed E-state index contributed by atoms with van der Waals surface area (Å²) in [7, 11) is 0. The fraction of sp³-hybridized carbons (Fsp3) is 0.208. The lowest BCUT2D eigenvalue weighted by Gasteiger charge is -2.16. The van der Waals surface area contributed by atoms with Crippen LogP contribution in [0.3, 0.4) is 0 Å². The van der Waals surface area contributed by atoms with Crippen molar-refractivity contribution in [3.05, 3.63) is 99.6 Å². The molecule has 0 aliphatic rings. The molecule has 0 amide bonds. The molecule has 0 N–H and O–H groups in total. The van der Waals surface area contributed by atoms with Crippen LogP contribution in [0, 0.1) is 34.6 Å². The van der Waals surface area contributed by atoms with Gasteiger partial charge < -0.3 is 0 Å². The van der Waals surface area contributed by atoms with Gasteiger partial charge in [-0.25, -0.2) is 4.99 Å². The number of hydrogen-bond donors (Lipinski definition) is 0. The van der Waals surface area contributed by atoms with Crippen molar-refractivity contribution in [3.63, 3.8) is 0 Å². The highest BCUT2D eigenvalue weighted by Gasteiger charge is 2.15. The Morgan fingerprint density at radius 3 is 1.96 bits per heavy atom. The molecule has 0 radical (unpaired) electrons. The maximum atomic E-state index is 5.16. The fourth-order valence-corrected chi connectivity index (χ4v) is 3.24. The number of rotatable bonds is 3. The smallest absolute Gasteiger partial charge is 0.0789 e. The molecule has 0 aliphatic carbocycles. The zero-order valence-corrected chi connectivity index (χ0v) is 15.7. The monoisotopic (exact) mass is 327 g/mol. The van der Waals surface area contributed by atoms with E-state index < -0.39 is 0 Å². The first-order valence-electron chi connectivity index (χ1n) is 8.76. The minimum atomic E-state index is 1.04. The molecular weight excluding hydrogens is 302 g/mol. The minimum absolute atomic E-state index is 1.04. The van der Waals surface area contributed by atoms with Gasteiger partial charge in [-0.1, -0.05) is 54.6 Å². The molecule has 0 atom stereocenters. The highest BCUT2D eigenvalue weighted by atomic mass is 14.8. The maximum Gasteiger partial charge on any atom is 0.0789 e. The molecular formula is C24H25N. The molecule has 0 aromatic heterocycles. The van der Waals surface area contributed by atoms with Crippen LogP contribution in [-0.4, -0.2) is 5.71 Å². The Labute approximate surface area is 151 Å². The van der Waals surface area contributed by atoms with Crippen LogP contribution in [0.15, 0.2) is 65.7 Å². The Bertz CT molecular complexity index is 928. The topological polar surface area (TPSA) is 12.4 Å². The quantitative estimate of drug-likeness (QED) is 0.494. The molecule has 3 aromatic carbocycles. The molecule has 0 bridgehead atoms. The molecule has 0 unspecified atom stereocenters. The SMILES string of the molecule is Cc1ccc(C)c(N=C(c2ccccc2C)c2c(C)cccc2C)c1. The highest BCUT2D eigenvalue weighted by molar-refractivity contribution is 6.16. The summed E-state index contributed by atoms with van der Waals surface area (Å²) in [4.78, 5) is 5.16. The number of aliphatic imine (C=N–C) groups is 1. The number of benzene rings is 3. The lowest BCUT2D eigenvalue weighted by molar-refractivity contribution is 1.30. The van der Waals surface area contributed by atoms with E-state index in [0.29, 0.717) is 0 Å². The largest absolute Gasteiger partial charge is 0.247 e. The van der Waals surface area contributed by atoms with Crippen LogP contribution < -0.4 is 0 Å². The first-order chi connectivity index (χ1) is 12.0. The van der Waals surface area contributed by atoms with Crippen molar-refractivity contribution in [2.24, 2.45) is 4.99 Å². The average Bonchev–Trinajstić information content (AvgIpc) is 2.57. The van der Waals surface area contributed by atoms with Crippen molar-refractivity contribution >= 4 is 11.4 Å². The van der Waals surface area contributed by atoms with E-state index in [-0.39, 0.29) is 0 Å². The van der Waals surface area contributed by atoms with Gasteiger partial charge in [0, 0.05) is 11.1 Å². The Morgan fingerprint density at radius 2 is 1.28 bits per heavy atom. The van der Waals surface area contributed by atoms with Gasteiger partial charge in [-0.3, -0.25) is 0 Å². The first-order valence-corrected chi connectivity index (χ1v) is 8.76. The first kappa shape index (κ1) is 17.2. The van der Waals surface area contributed by atoms with Crippen molar-refractivity contribution < 1.29 is 0 Å². The van der Waals surface area contributed by atoms with E-state index >= 15 is 0 Å². The Hall–Kier alpha value is -2.67. The van der Waals surface area contributed by atoms with Crippen molar-refractivity contribution in [2.45, 2.75) is 34.6 Å². The molecule has 0 aliphatic heterocycles. The van der Waals surface area contributed by atoms with Gasteiger partial charge in [0.05, 0.1) is 11.4 Å². The summed E-state index contributed by atoms with van der Waals surface area (Å²) in [5.41, 5.74) is 10.7. The third kappa shape index (κ3) is 3.56. The third-order valence-electron chi connectivity index (χ3n) is 4.72. The lowest BCUT2D eigenvalue weighted by atomic mass is 9.91. The Kier molecular flexibility index (Phi) is 4.85. The van der Waals surface area contributed by atoms with Gasteiger partial charge in [0.25, 0.3) is 0 Å². The Balaban J connectivity index is 2.32. The average molecular weight is 327 g/mol. The summed E-state index contributed by atoms with van der Waals surface area (Å²) in [6.45, 7) is 10.7. The number of aryl methyl sites for hydroxylation is 5. The minimum Gasteiger partial charge on any atom is -0.247 e. The second-order valence-corrected chi connectivity index (χ2v) is 6.83. The molecule has 25 heavy (non-hydrogen) atoms. The predicted molar refractivity (Wildman–Crippen MR) is 108 cm³/mol. The van der Waals surface area contributed by atoms with Gasteiger partial charge in [-0.2, -0.15) is 0 Å². The molecule has 3 rings (SSSR count). The van der Waals surface area contributed by atoms with Gasteiger partial charge in [-0.05, 0) is 68.5 Å². The van der Waals surface area contributed by atoms with Crippen LogP contribution in [0.4, 0.5) is 5.69 Å². The molecule has 0 saturated heterocycles. The normalized spacial score (nSPS) is 11.6. The van der Waals surface area contributed by atoms with Crippen LogP contribution in [0.1, 0.15) is 38.9 Å². The van der Waals surface area contributed by atoms with Gasteiger partial charge >= 0.3 is 0 Å². The van der Waals surface area contributed by atoms with E-state index in [1.54, 1.807) is 0 Å². The highest BCUT2D eigenvalue weighted by Crippen LogP contribution is 2.27. The predicted octanol–water partition coefficient (Wildman–Crippen LogP) is 6.40. The molecule has 0 fully saturated rings. The molecule has 1 nitrogen and oxygen atoms in total. The van der Waals surface area contributed by atoms with Crippen molar-refractivity contribution in [1.82, 2.24) is 0 Å². The summed E-state index contributed by atoms with van der Waals surface area (Å²) in [5, 5.41) is 0. The fourth-order valence-electron chi connectivity index (χ4n) is 3.24. The van der Waals surface area contributed by atoms with Crippen LogP contribution in [0.25, 0.3) is 0 Å². The van der Waals surface area contributed by atoms with Gasteiger partial charge in [0.1, 0.15) is 0 Å². The van der Waals surface area contributed by atoms with E-state index in [0.717, 1.165) is 11.4 Å². The standard InChI is InChI=1S/C24H25N/c1-16-13-14-18(3)22(15-16)25-24(21-12-7-6-9-17(21)2)23-19(4)10-8-11-20(23)5/h6-15H,1-5H3. The summed E-state index contributed by atoms with van der Waals surface area (Å²) in [6, 6.07) is 21.4. The van der Waals surface area contributed by atoms with Crippen LogP contribution in [-0.2, 0) is 0 Å².